The van der Waals surface area contributed by atoms with Crippen LogP contribution in [0.3, 0.4) is 0 Å². The molecule has 0 amide bonds. The van der Waals surface area contributed by atoms with Crippen molar-refractivity contribution in [3.05, 3.63) is 22.7 Å². The Kier molecular flexibility index (Phi) is 3.23. The fraction of sp³-hybridized carbons (Fsp3) is 0.300. The molecular formula is C10H11BrN2OS. The van der Waals surface area contributed by atoms with Crippen LogP contribution in [-0.4, -0.2) is 22.7 Å². The average molecular weight is 287 g/mol. The van der Waals surface area contributed by atoms with Gasteiger partial charge in [-0.2, -0.15) is 0 Å². The maximum atomic E-state index is 8.92. The van der Waals surface area contributed by atoms with E-state index in [1.807, 2.05) is 25.1 Å². The van der Waals surface area contributed by atoms with Crippen molar-refractivity contribution in [3.63, 3.8) is 0 Å². The molecule has 1 aromatic carbocycles. The van der Waals surface area contributed by atoms with Crippen molar-refractivity contribution in [1.29, 1.82) is 0 Å². The van der Waals surface area contributed by atoms with E-state index in [1.165, 1.54) is 0 Å². The minimum Gasteiger partial charge on any atom is -0.394 e. The van der Waals surface area contributed by atoms with Gasteiger partial charge in [-0.3, -0.25) is 0 Å². The average Bonchev–Trinajstić information content (AvgIpc) is 2.59. The summed E-state index contributed by atoms with van der Waals surface area (Å²) in [4.78, 5) is 4.42. The Morgan fingerprint density at radius 3 is 3.13 bits per heavy atom. The number of rotatable bonds is 3. The van der Waals surface area contributed by atoms with Gasteiger partial charge >= 0.3 is 0 Å². The van der Waals surface area contributed by atoms with Gasteiger partial charge in [-0.05, 0) is 25.1 Å². The third kappa shape index (κ3) is 2.48. The van der Waals surface area contributed by atoms with Gasteiger partial charge in [0.1, 0.15) is 0 Å². The highest BCUT2D eigenvalue weighted by Gasteiger charge is 2.06. The number of fused-ring (bicyclic) bond motifs is 1. The number of anilines is 1. The summed E-state index contributed by atoms with van der Waals surface area (Å²) in [6, 6.07) is 6.03. The Balaban J connectivity index is 2.30. The van der Waals surface area contributed by atoms with E-state index in [4.69, 9.17) is 5.11 Å². The zero-order valence-corrected chi connectivity index (χ0v) is 10.6. The van der Waals surface area contributed by atoms with E-state index in [0.717, 1.165) is 19.8 Å². The molecule has 0 radical (unpaired) electrons. The molecule has 1 atom stereocenters. The van der Waals surface area contributed by atoms with Crippen molar-refractivity contribution in [2.24, 2.45) is 0 Å². The normalized spacial score (nSPS) is 13.0. The standard InChI is InChI=1S/C10H11BrN2OS/c1-6(5-14)12-10-13-8-3-2-7(11)4-9(8)15-10/h2-4,6,14H,5H2,1H3,(H,12,13). The molecule has 2 rings (SSSR count). The van der Waals surface area contributed by atoms with Gasteiger partial charge < -0.3 is 10.4 Å². The second-order valence-electron chi connectivity index (χ2n) is 3.36. The minimum atomic E-state index is 0.0361. The van der Waals surface area contributed by atoms with Crippen LogP contribution in [0, 0.1) is 0 Å². The predicted octanol–water partition coefficient (Wildman–Crippen LogP) is 2.85. The Labute approximate surface area is 100 Å². The van der Waals surface area contributed by atoms with Crippen LogP contribution in [-0.2, 0) is 0 Å². The third-order valence-electron chi connectivity index (χ3n) is 1.99. The van der Waals surface area contributed by atoms with Crippen LogP contribution in [0.5, 0.6) is 0 Å². The number of nitrogens with zero attached hydrogens (tertiary/aromatic N) is 1. The molecule has 2 N–H and O–H groups in total. The first kappa shape index (κ1) is 10.9. The molecule has 0 spiro atoms. The maximum absolute atomic E-state index is 8.92. The van der Waals surface area contributed by atoms with Crippen LogP contribution in [0.15, 0.2) is 22.7 Å². The largest absolute Gasteiger partial charge is 0.394 e. The van der Waals surface area contributed by atoms with Gasteiger partial charge in [0, 0.05) is 10.5 Å². The predicted molar refractivity (Wildman–Crippen MR) is 67.5 cm³/mol. The van der Waals surface area contributed by atoms with Crippen molar-refractivity contribution < 1.29 is 5.11 Å². The second-order valence-corrected chi connectivity index (χ2v) is 5.31. The molecule has 15 heavy (non-hydrogen) atoms. The van der Waals surface area contributed by atoms with Crippen molar-refractivity contribution >= 4 is 42.6 Å². The smallest absolute Gasteiger partial charge is 0.184 e. The summed E-state index contributed by atoms with van der Waals surface area (Å²) in [5.74, 6) is 0. The molecule has 0 bridgehead atoms. The van der Waals surface area contributed by atoms with Crippen LogP contribution in [0.25, 0.3) is 10.2 Å². The van der Waals surface area contributed by atoms with Crippen molar-refractivity contribution in [2.75, 3.05) is 11.9 Å². The Morgan fingerprint density at radius 1 is 1.60 bits per heavy atom. The molecular weight excluding hydrogens is 276 g/mol. The molecule has 0 saturated heterocycles. The zero-order valence-electron chi connectivity index (χ0n) is 8.20. The van der Waals surface area contributed by atoms with E-state index in [0.29, 0.717) is 0 Å². The quantitative estimate of drug-likeness (QED) is 0.912. The van der Waals surface area contributed by atoms with Gasteiger partial charge in [0.2, 0.25) is 0 Å². The number of aromatic nitrogens is 1. The van der Waals surface area contributed by atoms with E-state index >= 15 is 0 Å². The first-order chi connectivity index (χ1) is 7.19. The topological polar surface area (TPSA) is 45.1 Å². The number of nitrogens with one attached hydrogen (secondary N) is 1. The van der Waals surface area contributed by atoms with E-state index in [1.54, 1.807) is 11.3 Å². The lowest BCUT2D eigenvalue weighted by molar-refractivity contribution is 0.281. The fourth-order valence-corrected chi connectivity index (χ4v) is 2.75. The van der Waals surface area contributed by atoms with Crippen molar-refractivity contribution in [2.45, 2.75) is 13.0 Å². The van der Waals surface area contributed by atoms with Crippen molar-refractivity contribution in [1.82, 2.24) is 4.98 Å². The van der Waals surface area contributed by atoms with Gasteiger partial charge in [0.25, 0.3) is 0 Å². The van der Waals surface area contributed by atoms with Gasteiger partial charge in [-0.1, -0.05) is 27.3 Å². The Hall–Kier alpha value is -0.650. The molecule has 3 nitrogen and oxygen atoms in total. The highest BCUT2D eigenvalue weighted by atomic mass is 79.9. The van der Waals surface area contributed by atoms with Crippen LogP contribution in [0.1, 0.15) is 6.92 Å². The van der Waals surface area contributed by atoms with Crippen LogP contribution in [0.4, 0.5) is 5.13 Å². The number of halogens is 1. The molecule has 0 saturated carbocycles. The summed E-state index contributed by atoms with van der Waals surface area (Å²) >= 11 is 5.02. The number of aliphatic hydroxyl groups excluding tert-OH is 1. The molecule has 80 valence electrons. The maximum Gasteiger partial charge on any atom is 0.184 e. The van der Waals surface area contributed by atoms with E-state index < -0.39 is 0 Å². The van der Waals surface area contributed by atoms with E-state index in [-0.39, 0.29) is 12.6 Å². The summed E-state index contributed by atoms with van der Waals surface area (Å²) in [5, 5.41) is 12.9. The van der Waals surface area contributed by atoms with Gasteiger partial charge in [0.05, 0.1) is 16.8 Å². The van der Waals surface area contributed by atoms with Crippen molar-refractivity contribution in [3.8, 4) is 0 Å². The van der Waals surface area contributed by atoms with E-state index in [2.05, 4.69) is 26.2 Å². The number of thiazole rings is 1. The van der Waals surface area contributed by atoms with Crippen LogP contribution in [0.2, 0.25) is 0 Å². The lowest BCUT2D eigenvalue weighted by atomic mass is 10.3. The SMILES string of the molecule is CC(CO)Nc1nc2ccc(Br)cc2s1. The molecule has 2 aromatic rings. The monoisotopic (exact) mass is 286 g/mol. The number of benzene rings is 1. The highest BCUT2D eigenvalue weighted by molar-refractivity contribution is 9.10. The van der Waals surface area contributed by atoms with Crippen LogP contribution < -0.4 is 5.32 Å². The Morgan fingerprint density at radius 2 is 2.40 bits per heavy atom. The third-order valence-corrected chi connectivity index (χ3v) is 3.44. The second kappa shape index (κ2) is 4.47. The summed E-state index contributed by atoms with van der Waals surface area (Å²) < 4.78 is 2.19. The summed E-state index contributed by atoms with van der Waals surface area (Å²) in [7, 11) is 0. The molecule has 0 aliphatic rings. The highest BCUT2D eigenvalue weighted by Crippen LogP contribution is 2.28. The summed E-state index contributed by atoms with van der Waals surface area (Å²) in [6.45, 7) is 2.03. The lowest BCUT2D eigenvalue weighted by Gasteiger charge is -2.07. The minimum absolute atomic E-state index is 0.0361. The Bertz CT molecular complexity index is 471. The van der Waals surface area contributed by atoms with E-state index in [9.17, 15) is 0 Å². The molecule has 1 unspecified atom stereocenters. The number of hydrogen-bond donors (Lipinski definition) is 2. The summed E-state index contributed by atoms with van der Waals surface area (Å²) in [5.41, 5.74) is 0.982. The first-order valence-electron chi connectivity index (χ1n) is 4.62. The molecule has 1 heterocycles. The molecule has 0 fully saturated rings. The van der Waals surface area contributed by atoms with Gasteiger partial charge in [-0.25, -0.2) is 4.98 Å². The number of hydrogen-bond acceptors (Lipinski definition) is 4. The van der Waals surface area contributed by atoms with Gasteiger partial charge in [0.15, 0.2) is 5.13 Å². The first-order valence-corrected chi connectivity index (χ1v) is 6.23. The lowest BCUT2D eigenvalue weighted by Crippen LogP contribution is -2.18. The summed E-state index contributed by atoms with van der Waals surface area (Å²) in [6.07, 6.45) is 0. The zero-order chi connectivity index (χ0) is 10.8. The number of aliphatic hydroxyl groups is 1. The van der Waals surface area contributed by atoms with Gasteiger partial charge in [-0.15, -0.1) is 0 Å². The van der Waals surface area contributed by atoms with Crippen LogP contribution >= 0.6 is 27.3 Å². The molecule has 0 aliphatic heterocycles. The molecule has 1 aromatic heterocycles. The molecule has 5 heteroatoms. The molecule has 0 aliphatic carbocycles. The fourth-order valence-electron chi connectivity index (χ4n) is 1.22.